The molecule has 0 bridgehead atoms. The Labute approximate surface area is 125 Å². The normalized spacial score (nSPS) is 10.6. The lowest BCUT2D eigenvalue weighted by atomic mass is 10.1. The van der Waals surface area contributed by atoms with Gasteiger partial charge >= 0.3 is 0 Å². The molecule has 2 rings (SSSR count). The van der Waals surface area contributed by atoms with Gasteiger partial charge in [-0.3, -0.25) is 4.79 Å². The van der Waals surface area contributed by atoms with E-state index < -0.39 is 5.82 Å². The van der Waals surface area contributed by atoms with Crippen LogP contribution in [-0.2, 0) is 11.2 Å². The van der Waals surface area contributed by atoms with E-state index in [9.17, 15) is 13.6 Å². The Hall–Kier alpha value is -1.39. The minimum absolute atomic E-state index is 0.00273. The molecule has 2 aromatic carbocycles. The van der Waals surface area contributed by atoms with Crippen LogP contribution in [0.5, 0.6) is 0 Å². The quantitative estimate of drug-likeness (QED) is 0.755. The van der Waals surface area contributed by atoms with Crippen LogP contribution >= 0.6 is 23.4 Å². The molecule has 0 heterocycles. The second-order valence-electron chi connectivity index (χ2n) is 4.18. The van der Waals surface area contributed by atoms with Crippen LogP contribution in [0.3, 0.4) is 0 Å². The van der Waals surface area contributed by atoms with Crippen molar-refractivity contribution in [1.82, 2.24) is 0 Å². The SMILES string of the molecule is O=C(CSc1ccccc1F)Cc1ccc(F)c(Cl)c1. The summed E-state index contributed by atoms with van der Waals surface area (Å²) in [6, 6.07) is 10.5. The zero-order valence-corrected chi connectivity index (χ0v) is 12.0. The van der Waals surface area contributed by atoms with E-state index in [-0.39, 0.29) is 28.8 Å². The highest BCUT2D eigenvalue weighted by molar-refractivity contribution is 8.00. The highest BCUT2D eigenvalue weighted by atomic mass is 35.5. The van der Waals surface area contributed by atoms with Crippen LogP contribution in [0.1, 0.15) is 5.56 Å². The summed E-state index contributed by atoms with van der Waals surface area (Å²) in [5.74, 6) is -0.754. The molecule has 0 N–H and O–H groups in total. The topological polar surface area (TPSA) is 17.1 Å². The third kappa shape index (κ3) is 4.05. The number of carbonyl (C=O) groups is 1. The lowest BCUT2D eigenvalue weighted by molar-refractivity contribution is -0.116. The number of benzene rings is 2. The first-order valence-corrected chi connectivity index (χ1v) is 7.25. The Morgan fingerprint density at radius 2 is 1.85 bits per heavy atom. The number of halogens is 3. The summed E-state index contributed by atoms with van der Waals surface area (Å²) in [6.07, 6.45) is 0.154. The highest BCUT2D eigenvalue weighted by Gasteiger charge is 2.09. The van der Waals surface area contributed by atoms with E-state index in [0.717, 1.165) is 11.8 Å². The number of ketones is 1. The monoisotopic (exact) mass is 312 g/mol. The van der Waals surface area contributed by atoms with Crippen molar-refractivity contribution in [2.24, 2.45) is 0 Å². The molecule has 0 saturated carbocycles. The third-order valence-corrected chi connectivity index (χ3v) is 4.01. The number of rotatable bonds is 5. The van der Waals surface area contributed by atoms with E-state index in [4.69, 9.17) is 11.6 Å². The van der Waals surface area contributed by atoms with E-state index in [2.05, 4.69) is 0 Å². The second-order valence-corrected chi connectivity index (χ2v) is 5.61. The molecule has 0 aliphatic heterocycles. The standard InChI is InChI=1S/C15H11ClF2OS/c16-12-8-10(5-6-13(12)17)7-11(19)9-20-15-4-2-1-3-14(15)18/h1-6,8H,7,9H2. The zero-order valence-electron chi connectivity index (χ0n) is 10.4. The Bertz CT molecular complexity index is 631. The van der Waals surface area contributed by atoms with Gasteiger partial charge < -0.3 is 0 Å². The van der Waals surface area contributed by atoms with Gasteiger partial charge in [-0.1, -0.05) is 29.8 Å². The molecular weight excluding hydrogens is 302 g/mol. The van der Waals surface area contributed by atoms with Crippen molar-refractivity contribution in [2.45, 2.75) is 11.3 Å². The average molecular weight is 313 g/mol. The van der Waals surface area contributed by atoms with Crippen molar-refractivity contribution in [3.05, 3.63) is 64.7 Å². The maximum absolute atomic E-state index is 13.4. The fourth-order valence-electron chi connectivity index (χ4n) is 1.65. The summed E-state index contributed by atoms with van der Waals surface area (Å²) >= 11 is 6.80. The Morgan fingerprint density at radius 3 is 2.55 bits per heavy atom. The minimum atomic E-state index is -0.511. The predicted octanol–water partition coefficient (Wildman–Crippen LogP) is 4.52. The van der Waals surface area contributed by atoms with Crippen molar-refractivity contribution in [3.63, 3.8) is 0 Å². The first-order valence-electron chi connectivity index (χ1n) is 5.89. The molecule has 0 saturated heterocycles. The fourth-order valence-corrected chi connectivity index (χ4v) is 2.65. The molecule has 2 aromatic rings. The summed E-state index contributed by atoms with van der Waals surface area (Å²) < 4.78 is 26.4. The van der Waals surface area contributed by atoms with E-state index in [1.54, 1.807) is 18.2 Å². The highest BCUT2D eigenvalue weighted by Crippen LogP contribution is 2.22. The van der Waals surface area contributed by atoms with Gasteiger partial charge in [-0.2, -0.15) is 0 Å². The van der Waals surface area contributed by atoms with Crippen LogP contribution in [0.15, 0.2) is 47.4 Å². The predicted molar refractivity (Wildman–Crippen MR) is 77.2 cm³/mol. The van der Waals surface area contributed by atoms with Crippen molar-refractivity contribution in [1.29, 1.82) is 0 Å². The fraction of sp³-hybridized carbons (Fsp3) is 0.133. The van der Waals surface area contributed by atoms with Gasteiger partial charge in [-0.25, -0.2) is 8.78 Å². The first-order chi connectivity index (χ1) is 9.56. The maximum atomic E-state index is 13.4. The van der Waals surface area contributed by atoms with E-state index in [1.807, 2.05) is 0 Å². The summed E-state index contributed by atoms with van der Waals surface area (Å²) in [5, 5.41) is -0.00273. The van der Waals surface area contributed by atoms with Crippen molar-refractivity contribution >= 4 is 29.1 Å². The van der Waals surface area contributed by atoms with Gasteiger partial charge in [0.25, 0.3) is 0 Å². The second kappa shape index (κ2) is 6.86. The van der Waals surface area contributed by atoms with E-state index >= 15 is 0 Å². The Morgan fingerprint density at radius 1 is 1.10 bits per heavy atom. The van der Waals surface area contributed by atoms with Crippen molar-refractivity contribution in [2.75, 3.05) is 5.75 Å². The molecule has 0 aliphatic rings. The van der Waals surface area contributed by atoms with Crippen LogP contribution in [0, 0.1) is 11.6 Å². The summed E-state index contributed by atoms with van der Waals surface area (Å²) in [4.78, 5) is 12.3. The summed E-state index contributed by atoms with van der Waals surface area (Å²) in [7, 11) is 0. The molecular formula is C15H11ClF2OS. The number of thioether (sulfide) groups is 1. The van der Waals surface area contributed by atoms with Gasteiger partial charge in [0.1, 0.15) is 17.4 Å². The summed E-state index contributed by atoms with van der Waals surface area (Å²) in [6.45, 7) is 0. The largest absolute Gasteiger partial charge is 0.298 e. The van der Waals surface area contributed by atoms with Crippen LogP contribution in [0.25, 0.3) is 0 Å². The molecule has 0 fully saturated rings. The van der Waals surface area contributed by atoms with E-state index in [0.29, 0.717) is 10.5 Å². The van der Waals surface area contributed by atoms with Crippen LogP contribution < -0.4 is 0 Å². The van der Waals surface area contributed by atoms with E-state index in [1.165, 1.54) is 24.3 Å². The number of hydrogen-bond acceptors (Lipinski definition) is 2. The third-order valence-electron chi connectivity index (χ3n) is 2.61. The minimum Gasteiger partial charge on any atom is -0.298 e. The van der Waals surface area contributed by atoms with Gasteiger partial charge in [-0.15, -0.1) is 11.8 Å². The molecule has 5 heteroatoms. The smallest absolute Gasteiger partial charge is 0.147 e. The number of Topliss-reactive ketones (excluding diaryl/α,β-unsaturated/α-hetero) is 1. The molecule has 0 aromatic heterocycles. The molecule has 0 amide bonds. The van der Waals surface area contributed by atoms with Crippen LogP contribution in [0.2, 0.25) is 5.02 Å². The molecule has 1 nitrogen and oxygen atoms in total. The Balaban J connectivity index is 1.93. The van der Waals surface area contributed by atoms with Gasteiger partial charge in [0, 0.05) is 11.3 Å². The lowest BCUT2D eigenvalue weighted by Crippen LogP contribution is -2.06. The van der Waals surface area contributed by atoms with Crippen LogP contribution in [0.4, 0.5) is 8.78 Å². The van der Waals surface area contributed by atoms with Crippen molar-refractivity contribution in [3.8, 4) is 0 Å². The van der Waals surface area contributed by atoms with Crippen LogP contribution in [-0.4, -0.2) is 11.5 Å². The molecule has 0 aliphatic carbocycles. The molecule has 20 heavy (non-hydrogen) atoms. The Kier molecular flexibility index (Phi) is 5.15. The number of hydrogen-bond donors (Lipinski definition) is 0. The summed E-state index contributed by atoms with van der Waals surface area (Å²) in [5.41, 5.74) is 0.649. The first kappa shape index (κ1) is 15.0. The zero-order chi connectivity index (χ0) is 14.5. The number of carbonyl (C=O) groups excluding carboxylic acids is 1. The molecule has 0 unspecified atom stereocenters. The van der Waals surface area contributed by atoms with Gasteiger partial charge in [-0.05, 0) is 29.8 Å². The van der Waals surface area contributed by atoms with Crippen molar-refractivity contribution < 1.29 is 13.6 Å². The lowest BCUT2D eigenvalue weighted by Gasteiger charge is -2.04. The molecule has 0 radical (unpaired) electrons. The maximum Gasteiger partial charge on any atom is 0.147 e. The molecule has 104 valence electrons. The van der Waals surface area contributed by atoms with Gasteiger partial charge in [0.2, 0.25) is 0 Å². The average Bonchev–Trinajstić information content (AvgIpc) is 2.42. The molecule has 0 atom stereocenters. The van der Waals surface area contributed by atoms with Gasteiger partial charge in [0.05, 0.1) is 10.8 Å². The molecule has 0 spiro atoms. The van der Waals surface area contributed by atoms with Gasteiger partial charge in [0.15, 0.2) is 0 Å².